The fourth-order valence-corrected chi connectivity index (χ4v) is 2.31. The summed E-state index contributed by atoms with van der Waals surface area (Å²) < 4.78 is 66.3. The number of hydrogen-bond donors (Lipinski definition) is 0. The standard InChI is InChI=1S/C7H4ClF3N2O6S/c1-18-3-2-4(19-7(9,10)11)12-6(13(14)15)5(3)20(8,16)17/h2H,1H3. The number of rotatable bonds is 4. The van der Waals surface area contributed by atoms with Gasteiger partial charge in [-0.15, -0.1) is 13.2 Å². The van der Waals surface area contributed by atoms with Gasteiger partial charge in [0.2, 0.25) is 4.90 Å². The van der Waals surface area contributed by atoms with Crippen LogP contribution < -0.4 is 9.47 Å². The van der Waals surface area contributed by atoms with Gasteiger partial charge in [0.25, 0.3) is 9.05 Å². The van der Waals surface area contributed by atoms with E-state index in [2.05, 4.69) is 14.5 Å². The third-order valence-corrected chi connectivity index (χ3v) is 3.09. The fourth-order valence-electron chi connectivity index (χ4n) is 1.15. The van der Waals surface area contributed by atoms with Gasteiger partial charge in [0.05, 0.1) is 13.2 Å². The van der Waals surface area contributed by atoms with Crippen LogP contribution in [-0.4, -0.2) is 31.8 Å². The molecule has 13 heteroatoms. The van der Waals surface area contributed by atoms with Crippen molar-refractivity contribution in [3.8, 4) is 11.6 Å². The van der Waals surface area contributed by atoms with E-state index in [-0.39, 0.29) is 0 Å². The highest BCUT2D eigenvalue weighted by Gasteiger charge is 2.38. The predicted octanol–water partition coefficient (Wildman–Crippen LogP) is 1.82. The molecule has 0 aliphatic rings. The zero-order valence-corrected chi connectivity index (χ0v) is 10.9. The molecule has 0 fully saturated rings. The molecular formula is C7H4ClF3N2O6S. The Morgan fingerprint density at radius 2 is 2.00 bits per heavy atom. The summed E-state index contributed by atoms with van der Waals surface area (Å²) in [6.45, 7) is 0. The number of halogens is 4. The lowest BCUT2D eigenvalue weighted by Gasteiger charge is -2.09. The number of methoxy groups -OCH3 is 1. The van der Waals surface area contributed by atoms with Crippen LogP contribution in [0.25, 0.3) is 0 Å². The first-order valence-corrected chi connectivity index (χ1v) is 6.70. The van der Waals surface area contributed by atoms with E-state index in [0.717, 1.165) is 7.11 Å². The lowest BCUT2D eigenvalue weighted by atomic mass is 10.4. The molecule has 0 radical (unpaired) electrons. The van der Waals surface area contributed by atoms with E-state index < -0.39 is 42.7 Å². The van der Waals surface area contributed by atoms with Crippen molar-refractivity contribution in [2.45, 2.75) is 11.3 Å². The van der Waals surface area contributed by atoms with Gasteiger partial charge in [-0.2, -0.15) is 0 Å². The molecule has 0 aliphatic carbocycles. The molecule has 0 unspecified atom stereocenters. The second kappa shape index (κ2) is 5.28. The molecule has 8 nitrogen and oxygen atoms in total. The Kier molecular flexibility index (Phi) is 4.29. The Morgan fingerprint density at radius 3 is 2.35 bits per heavy atom. The van der Waals surface area contributed by atoms with E-state index in [0.29, 0.717) is 6.07 Å². The van der Waals surface area contributed by atoms with Crippen molar-refractivity contribution in [1.29, 1.82) is 0 Å². The Balaban J connectivity index is 3.60. The van der Waals surface area contributed by atoms with Crippen molar-refractivity contribution >= 4 is 25.6 Å². The van der Waals surface area contributed by atoms with E-state index in [1.807, 2.05) is 0 Å². The molecule has 1 heterocycles. The van der Waals surface area contributed by atoms with E-state index in [1.54, 1.807) is 0 Å². The molecule has 0 saturated heterocycles. The zero-order chi connectivity index (χ0) is 15.7. The maximum Gasteiger partial charge on any atom is 0.575 e. The summed E-state index contributed by atoms with van der Waals surface area (Å²) in [5, 5.41) is 10.7. The lowest BCUT2D eigenvalue weighted by Crippen LogP contribution is -2.18. The molecule has 1 aromatic rings. The monoisotopic (exact) mass is 336 g/mol. The number of hydrogen-bond acceptors (Lipinski definition) is 7. The topological polar surface area (TPSA) is 109 Å². The molecule has 1 aromatic heterocycles. The van der Waals surface area contributed by atoms with E-state index in [1.165, 1.54) is 0 Å². The highest BCUT2D eigenvalue weighted by atomic mass is 35.7. The second-order valence-electron chi connectivity index (χ2n) is 3.06. The highest BCUT2D eigenvalue weighted by molar-refractivity contribution is 8.14. The Bertz CT molecular complexity index is 647. The molecule has 0 amide bonds. The molecule has 0 saturated carbocycles. The van der Waals surface area contributed by atoms with Gasteiger partial charge in [-0.3, -0.25) is 0 Å². The molecule has 1 rings (SSSR count). The van der Waals surface area contributed by atoms with Gasteiger partial charge >= 0.3 is 18.1 Å². The van der Waals surface area contributed by atoms with Crippen LogP contribution in [0.3, 0.4) is 0 Å². The van der Waals surface area contributed by atoms with Crippen LogP contribution in [0.5, 0.6) is 11.6 Å². The first-order chi connectivity index (χ1) is 8.95. The number of ether oxygens (including phenoxy) is 2. The summed E-state index contributed by atoms with van der Waals surface area (Å²) in [5.41, 5.74) is 0. The lowest BCUT2D eigenvalue weighted by molar-refractivity contribution is -0.393. The van der Waals surface area contributed by atoms with Crippen molar-refractivity contribution in [2.75, 3.05) is 7.11 Å². The normalized spacial score (nSPS) is 12.1. The number of pyridine rings is 1. The summed E-state index contributed by atoms with van der Waals surface area (Å²) in [6.07, 6.45) is -5.17. The number of aromatic nitrogens is 1. The molecule has 0 atom stereocenters. The molecule has 0 N–H and O–H groups in total. The van der Waals surface area contributed by atoms with Gasteiger partial charge in [-0.05, 0) is 4.92 Å². The summed E-state index contributed by atoms with van der Waals surface area (Å²) in [4.78, 5) is 11.0. The number of nitrogens with zero attached hydrogens (tertiary/aromatic N) is 2. The van der Waals surface area contributed by atoms with Gasteiger partial charge in [0.15, 0.2) is 5.75 Å². The Morgan fingerprint density at radius 1 is 1.45 bits per heavy atom. The summed E-state index contributed by atoms with van der Waals surface area (Å²) in [5.74, 6) is -3.51. The summed E-state index contributed by atoms with van der Waals surface area (Å²) in [6, 6.07) is 0.412. The third kappa shape index (κ3) is 3.84. The van der Waals surface area contributed by atoms with Gasteiger partial charge in [0, 0.05) is 15.7 Å². The van der Waals surface area contributed by atoms with Crippen LogP contribution in [-0.2, 0) is 9.05 Å². The van der Waals surface area contributed by atoms with Crippen molar-refractivity contribution in [2.24, 2.45) is 0 Å². The van der Waals surface area contributed by atoms with Crippen LogP contribution in [0.1, 0.15) is 0 Å². The second-order valence-corrected chi connectivity index (χ2v) is 5.56. The Hall–Kier alpha value is -1.82. The molecule has 0 spiro atoms. The van der Waals surface area contributed by atoms with Crippen LogP contribution in [0.2, 0.25) is 0 Å². The zero-order valence-electron chi connectivity index (χ0n) is 9.34. The maximum absolute atomic E-state index is 12.0. The van der Waals surface area contributed by atoms with Crippen LogP contribution >= 0.6 is 10.7 Å². The first-order valence-electron chi connectivity index (χ1n) is 4.39. The van der Waals surface area contributed by atoms with Gasteiger partial charge in [-0.25, -0.2) is 8.42 Å². The average Bonchev–Trinajstić information content (AvgIpc) is 2.23. The van der Waals surface area contributed by atoms with Crippen LogP contribution in [0.4, 0.5) is 19.0 Å². The van der Waals surface area contributed by atoms with E-state index in [9.17, 15) is 31.7 Å². The Labute approximate surface area is 113 Å². The molecule has 0 aliphatic heterocycles. The molecule has 20 heavy (non-hydrogen) atoms. The largest absolute Gasteiger partial charge is 0.575 e. The smallest absolute Gasteiger partial charge is 0.495 e. The molecular weight excluding hydrogens is 333 g/mol. The van der Waals surface area contributed by atoms with E-state index >= 15 is 0 Å². The van der Waals surface area contributed by atoms with E-state index in [4.69, 9.17) is 10.7 Å². The van der Waals surface area contributed by atoms with Crippen molar-refractivity contribution < 1.29 is 36.0 Å². The first kappa shape index (κ1) is 16.2. The molecule has 0 aromatic carbocycles. The van der Waals surface area contributed by atoms with Gasteiger partial charge in [-0.1, -0.05) is 0 Å². The van der Waals surface area contributed by atoms with Crippen molar-refractivity contribution in [3.05, 3.63) is 16.2 Å². The average molecular weight is 337 g/mol. The molecule has 0 bridgehead atoms. The third-order valence-electron chi connectivity index (χ3n) is 1.75. The number of alkyl halides is 3. The predicted molar refractivity (Wildman–Crippen MR) is 57.2 cm³/mol. The maximum atomic E-state index is 12.0. The number of nitro groups is 1. The minimum Gasteiger partial charge on any atom is -0.495 e. The van der Waals surface area contributed by atoms with Crippen molar-refractivity contribution in [1.82, 2.24) is 4.98 Å². The van der Waals surface area contributed by atoms with Gasteiger partial charge in [0.1, 0.15) is 0 Å². The quantitative estimate of drug-likeness (QED) is 0.468. The fraction of sp³-hybridized carbons (Fsp3) is 0.286. The highest BCUT2D eigenvalue weighted by Crippen LogP contribution is 2.37. The minimum absolute atomic E-state index is 0.412. The molecule has 112 valence electrons. The summed E-state index contributed by atoms with van der Waals surface area (Å²) >= 11 is 0. The summed E-state index contributed by atoms with van der Waals surface area (Å²) in [7, 11) is 1.16. The van der Waals surface area contributed by atoms with Crippen LogP contribution in [0, 0.1) is 10.1 Å². The van der Waals surface area contributed by atoms with Crippen LogP contribution in [0.15, 0.2) is 11.0 Å². The minimum atomic E-state index is -5.17. The van der Waals surface area contributed by atoms with Crippen molar-refractivity contribution in [3.63, 3.8) is 0 Å². The van der Waals surface area contributed by atoms with Gasteiger partial charge < -0.3 is 19.6 Å². The SMILES string of the molecule is COc1cc(OC(F)(F)F)nc([N+](=O)[O-])c1S(=O)(=O)Cl.